The highest BCUT2D eigenvalue weighted by molar-refractivity contribution is 6.06. The van der Waals surface area contributed by atoms with E-state index in [1.165, 1.54) is 5.56 Å². The Bertz CT molecular complexity index is 1020. The summed E-state index contributed by atoms with van der Waals surface area (Å²) >= 11 is 0. The molecule has 0 saturated carbocycles. The molecule has 0 atom stereocenters. The van der Waals surface area contributed by atoms with Crippen molar-refractivity contribution in [1.29, 1.82) is 0 Å². The van der Waals surface area contributed by atoms with Crippen LogP contribution in [0.1, 0.15) is 15.9 Å². The maximum absolute atomic E-state index is 12.7. The summed E-state index contributed by atoms with van der Waals surface area (Å²) in [7, 11) is 1.76. The van der Waals surface area contributed by atoms with Crippen LogP contribution in [0.15, 0.2) is 78.9 Å². The summed E-state index contributed by atoms with van der Waals surface area (Å²) in [6, 6.07) is 24.8. The molecule has 0 fully saturated rings. The first-order valence-electron chi connectivity index (χ1n) is 9.69. The van der Waals surface area contributed by atoms with Crippen LogP contribution in [0.4, 0.5) is 17.1 Å². The number of carbonyl (C=O) groups is 2. The van der Waals surface area contributed by atoms with Gasteiger partial charge in [0, 0.05) is 36.2 Å². The van der Waals surface area contributed by atoms with Gasteiger partial charge in [0.15, 0.2) is 0 Å². The first kappa shape index (κ1) is 18.7. The van der Waals surface area contributed by atoms with Gasteiger partial charge in [0.2, 0.25) is 5.91 Å². The molecule has 3 aromatic rings. The zero-order valence-corrected chi connectivity index (χ0v) is 16.3. The quantitative estimate of drug-likeness (QED) is 0.723. The zero-order valence-electron chi connectivity index (χ0n) is 16.3. The van der Waals surface area contributed by atoms with Gasteiger partial charge in [-0.15, -0.1) is 0 Å². The minimum Gasteiger partial charge on any atom is -0.376 e. The molecular formula is C24H23N3O2. The number of benzene rings is 3. The third kappa shape index (κ3) is 3.99. The van der Waals surface area contributed by atoms with E-state index >= 15 is 0 Å². The largest absolute Gasteiger partial charge is 0.376 e. The summed E-state index contributed by atoms with van der Waals surface area (Å²) < 4.78 is 0. The molecule has 146 valence electrons. The first-order chi connectivity index (χ1) is 14.1. The van der Waals surface area contributed by atoms with Crippen LogP contribution in [0, 0.1) is 0 Å². The van der Waals surface area contributed by atoms with Crippen LogP contribution in [0.3, 0.4) is 0 Å². The number of nitrogens with zero attached hydrogens (tertiary/aromatic N) is 2. The average molecular weight is 385 g/mol. The van der Waals surface area contributed by atoms with Crippen LogP contribution < -0.4 is 15.1 Å². The minimum atomic E-state index is -0.0764. The lowest BCUT2D eigenvalue weighted by atomic mass is 10.1. The van der Waals surface area contributed by atoms with E-state index in [0.29, 0.717) is 5.56 Å². The highest BCUT2D eigenvalue weighted by Crippen LogP contribution is 2.27. The second-order valence-electron chi connectivity index (χ2n) is 7.05. The van der Waals surface area contributed by atoms with E-state index in [2.05, 4.69) is 11.4 Å². The van der Waals surface area contributed by atoms with Crippen LogP contribution in [-0.4, -0.2) is 32.0 Å². The fourth-order valence-electron chi connectivity index (χ4n) is 3.56. The topological polar surface area (TPSA) is 52.7 Å². The zero-order chi connectivity index (χ0) is 20.2. The van der Waals surface area contributed by atoms with Crippen LogP contribution in [0.5, 0.6) is 0 Å². The van der Waals surface area contributed by atoms with Gasteiger partial charge < -0.3 is 15.1 Å². The molecule has 1 heterocycles. The summed E-state index contributed by atoms with van der Waals surface area (Å²) in [4.78, 5) is 28.7. The van der Waals surface area contributed by atoms with Crippen molar-refractivity contribution in [3.63, 3.8) is 0 Å². The SMILES string of the molecule is CN(C(=O)c1ccc(NCC(=O)N2CCc3ccccc32)cc1)c1ccccc1. The Morgan fingerprint density at radius 3 is 2.38 bits per heavy atom. The number of para-hydroxylation sites is 2. The van der Waals surface area contributed by atoms with Crippen molar-refractivity contribution in [1.82, 2.24) is 0 Å². The summed E-state index contributed by atoms with van der Waals surface area (Å²) in [6.07, 6.45) is 0.896. The smallest absolute Gasteiger partial charge is 0.258 e. The van der Waals surface area contributed by atoms with Crippen LogP contribution >= 0.6 is 0 Å². The van der Waals surface area contributed by atoms with Crippen LogP contribution in [0.25, 0.3) is 0 Å². The Morgan fingerprint density at radius 1 is 0.931 bits per heavy atom. The number of hydrogen-bond acceptors (Lipinski definition) is 3. The van der Waals surface area contributed by atoms with E-state index in [1.54, 1.807) is 24.1 Å². The molecule has 2 amide bonds. The summed E-state index contributed by atoms with van der Waals surface area (Å²) in [6.45, 7) is 0.935. The maximum atomic E-state index is 12.7. The molecule has 0 bridgehead atoms. The molecule has 5 nitrogen and oxygen atoms in total. The van der Waals surface area contributed by atoms with Gasteiger partial charge in [-0.2, -0.15) is 0 Å². The van der Waals surface area contributed by atoms with Gasteiger partial charge in [0.1, 0.15) is 0 Å². The second-order valence-corrected chi connectivity index (χ2v) is 7.05. The summed E-state index contributed by atoms with van der Waals surface area (Å²) in [5.74, 6) is -0.0357. The highest BCUT2D eigenvalue weighted by atomic mass is 16.2. The molecule has 4 rings (SSSR count). The van der Waals surface area contributed by atoms with Gasteiger partial charge in [0.05, 0.1) is 6.54 Å². The standard InChI is InChI=1S/C24H23N3O2/c1-26(21-8-3-2-4-9-21)24(29)19-11-13-20(14-12-19)25-17-23(28)27-16-15-18-7-5-6-10-22(18)27/h2-14,25H,15-17H2,1H3. The Balaban J connectivity index is 1.36. The lowest BCUT2D eigenvalue weighted by Gasteiger charge is -2.19. The van der Waals surface area contributed by atoms with Crippen molar-refractivity contribution in [3.05, 3.63) is 90.0 Å². The molecule has 29 heavy (non-hydrogen) atoms. The fraction of sp³-hybridized carbons (Fsp3) is 0.167. The first-order valence-corrected chi connectivity index (χ1v) is 9.69. The number of hydrogen-bond donors (Lipinski definition) is 1. The van der Waals surface area contributed by atoms with Crippen molar-refractivity contribution in [2.45, 2.75) is 6.42 Å². The molecule has 3 aromatic carbocycles. The van der Waals surface area contributed by atoms with Crippen LogP contribution in [0.2, 0.25) is 0 Å². The van der Waals surface area contributed by atoms with Gasteiger partial charge in [-0.3, -0.25) is 9.59 Å². The normalized spacial score (nSPS) is 12.4. The van der Waals surface area contributed by atoms with E-state index in [-0.39, 0.29) is 18.4 Å². The van der Waals surface area contributed by atoms with Crippen molar-refractivity contribution >= 4 is 28.9 Å². The second kappa shape index (κ2) is 8.19. The Hall–Kier alpha value is -3.60. The molecule has 5 heteroatoms. The molecule has 0 radical (unpaired) electrons. The van der Waals surface area contributed by atoms with Crippen molar-refractivity contribution < 1.29 is 9.59 Å². The third-order valence-electron chi connectivity index (χ3n) is 5.21. The van der Waals surface area contributed by atoms with Gasteiger partial charge in [0.25, 0.3) is 5.91 Å². The van der Waals surface area contributed by atoms with E-state index in [1.807, 2.05) is 65.6 Å². The summed E-state index contributed by atoms with van der Waals surface area (Å²) in [5.41, 5.74) is 4.47. The number of rotatable bonds is 5. The summed E-state index contributed by atoms with van der Waals surface area (Å²) in [5, 5.41) is 3.16. The monoisotopic (exact) mass is 385 g/mol. The van der Waals surface area contributed by atoms with E-state index in [9.17, 15) is 9.59 Å². The maximum Gasteiger partial charge on any atom is 0.258 e. The van der Waals surface area contributed by atoms with E-state index < -0.39 is 0 Å². The molecule has 0 saturated heterocycles. The number of fused-ring (bicyclic) bond motifs is 1. The lowest BCUT2D eigenvalue weighted by molar-refractivity contribution is -0.116. The fourth-order valence-corrected chi connectivity index (χ4v) is 3.56. The Morgan fingerprint density at radius 2 is 1.62 bits per heavy atom. The van der Waals surface area contributed by atoms with E-state index in [4.69, 9.17) is 0 Å². The molecule has 1 N–H and O–H groups in total. The van der Waals surface area contributed by atoms with Gasteiger partial charge in [-0.05, 0) is 54.4 Å². The van der Waals surface area contributed by atoms with Gasteiger partial charge in [-0.25, -0.2) is 0 Å². The van der Waals surface area contributed by atoms with Crippen molar-refractivity contribution in [3.8, 4) is 0 Å². The third-order valence-corrected chi connectivity index (χ3v) is 5.21. The highest BCUT2D eigenvalue weighted by Gasteiger charge is 2.23. The van der Waals surface area contributed by atoms with Gasteiger partial charge in [-0.1, -0.05) is 36.4 Å². The number of anilines is 3. The molecule has 1 aliphatic heterocycles. The Kier molecular flexibility index (Phi) is 5.29. The van der Waals surface area contributed by atoms with Crippen molar-refractivity contribution in [2.24, 2.45) is 0 Å². The lowest BCUT2D eigenvalue weighted by Crippen LogP contribution is -2.34. The average Bonchev–Trinajstić information content (AvgIpc) is 3.22. The molecule has 0 aromatic heterocycles. The molecule has 0 aliphatic carbocycles. The molecule has 0 spiro atoms. The Labute approximate surface area is 170 Å². The molecule has 1 aliphatic rings. The minimum absolute atomic E-state index is 0.0407. The number of nitrogens with one attached hydrogen (secondary N) is 1. The van der Waals surface area contributed by atoms with E-state index in [0.717, 1.165) is 30.0 Å². The van der Waals surface area contributed by atoms with Gasteiger partial charge >= 0.3 is 0 Å². The molecule has 0 unspecified atom stereocenters. The predicted octanol–water partition coefficient (Wildman–Crippen LogP) is 3.96. The number of amides is 2. The van der Waals surface area contributed by atoms with Crippen molar-refractivity contribution in [2.75, 3.05) is 35.3 Å². The predicted molar refractivity (Wildman–Crippen MR) is 117 cm³/mol. The molecular weight excluding hydrogens is 362 g/mol. The van der Waals surface area contributed by atoms with Crippen LogP contribution in [-0.2, 0) is 11.2 Å². The number of carbonyl (C=O) groups excluding carboxylic acids is 2.